The largest absolute Gasteiger partial charge is 0.391 e. The molecule has 1 aromatic carbocycles. The molecule has 0 radical (unpaired) electrons. The van der Waals surface area contributed by atoms with E-state index in [0.29, 0.717) is 26.2 Å². The van der Waals surface area contributed by atoms with Crippen molar-refractivity contribution in [3.8, 4) is 11.1 Å². The highest BCUT2D eigenvalue weighted by Crippen LogP contribution is 2.23. The zero-order valence-corrected chi connectivity index (χ0v) is 16.2. The number of rotatable bonds is 6. The first-order valence-electron chi connectivity index (χ1n) is 9.47. The number of hydrogen-bond donors (Lipinski definition) is 3. The predicted molar refractivity (Wildman–Crippen MR) is 107 cm³/mol. The van der Waals surface area contributed by atoms with E-state index in [9.17, 15) is 14.7 Å². The van der Waals surface area contributed by atoms with Gasteiger partial charge in [-0.25, -0.2) is 14.8 Å². The van der Waals surface area contributed by atoms with Gasteiger partial charge in [-0.05, 0) is 24.6 Å². The normalized spacial score (nSPS) is 16.2. The maximum Gasteiger partial charge on any atom is 0.318 e. The zero-order chi connectivity index (χ0) is 20.8. The summed E-state index contributed by atoms with van der Waals surface area (Å²) < 4.78 is 0. The number of amides is 2. The number of nitrogens with zero attached hydrogens (tertiary/aromatic N) is 4. The maximum atomic E-state index is 12.4. The minimum atomic E-state index is -1.11. The van der Waals surface area contributed by atoms with Gasteiger partial charge in [0.2, 0.25) is 0 Å². The third-order valence-corrected chi connectivity index (χ3v) is 4.96. The first-order chi connectivity index (χ1) is 14.0. The van der Waals surface area contributed by atoms with Crippen molar-refractivity contribution in [3.63, 3.8) is 0 Å². The lowest BCUT2D eigenvalue weighted by Gasteiger charge is -2.37. The van der Waals surface area contributed by atoms with E-state index in [2.05, 4.69) is 20.2 Å². The molecule has 0 aliphatic carbocycles. The van der Waals surface area contributed by atoms with Gasteiger partial charge in [-0.15, -0.1) is 0 Å². The van der Waals surface area contributed by atoms with Crippen LogP contribution < -0.4 is 10.2 Å². The van der Waals surface area contributed by atoms with E-state index in [0.717, 1.165) is 16.8 Å². The molecule has 2 heterocycles. The molecule has 3 N–H and O–H groups in total. The Morgan fingerprint density at radius 2 is 1.69 bits per heavy atom. The second kappa shape index (κ2) is 9.44. The van der Waals surface area contributed by atoms with Crippen LogP contribution >= 0.6 is 0 Å². The number of aromatic nitrogens is 2. The topological polar surface area (TPSA) is 119 Å². The Morgan fingerprint density at radius 1 is 1.07 bits per heavy atom. The Labute approximate surface area is 169 Å². The van der Waals surface area contributed by atoms with Crippen LogP contribution in [0.25, 0.3) is 11.1 Å². The van der Waals surface area contributed by atoms with E-state index < -0.39 is 30.6 Å². The molecule has 0 saturated carbocycles. The Morgan fingerprint density at radius 3 is 2.24 bits per heavy atom. The fourth-order valence-electron chi connectivity index (χ4n) is 3.27. The molecule has 154 valence electrons. The van der Waals surface area contributed by atoms with Crippen LogP contribution in [-0.4, -0.2) is 81.8 Å². The highest BCUT2D eigenvalue weighted by Gasteiger charge is 2.28. The molecule has 9 nitrogen and oxygen atoms in total. The van der Waals surface area contributed by atoms with Crippen LogP contribution in [0.15, 0.2) is 43.0 Å². The summed E-state index contributed by atoms with van der Waals surface area (Å²) in [5.74, 6) is -0.615. The lowest BCUT2D eigenvalue weighted by atomic mass is 10.1. The van der Waals surface area contributed by atoms with E-state index in [-0.39, 0.29) is 0 Å². The number of anilines is 1. The van der Waals surface area contributed by atoms with Crippen LogP contribution in [0.3, 0.4) is 0 Å². The monoisotopic (exact) mass is 399 g/mol. The van der Waals surface area contributed by atoms with Crippen LogP contribution in [0, 0.1) is 0 Å². The highest BCUT2D eigenvalue weighted by atomic mass is 16.3. The van der Waals surface area contributed by atoms with Crippen molar-refractivity contribution in [2.75, 3.05) is 37.7 Å². The van der Waals surface area contributed by atoms with E-state index in [1.54, 1.807) is 17.3 Å². The summed E-state index contributed by atoms with van der Waals surface area (Å²) in [7, 11) is 0. The quantitative estimate of drug-likeness (QED) is 0.639. The van der Waals surface area contributed by atoms with Crippen molar-refractivity contribution in [2.45, 2.75) is 19.1 Å². The van der Waals surface area contributed by atoms with Gasteiger partial charge in [0.15, 0.2) is 5.78 Å². The van der Waals surface area contributed by atoms with Gasteiger partial charge in [0, 0.05) is 49.8 Å². The number of carbonyl (C=O) groups excluding carboxylic acids is 2. The van der Waals surface area contributed by atoms with Gasteiger partial charge < -0.3 is 25.3 Å². The fraction of sp³-hybridized carbons (Fsp3) is 0.400. The molecule has 0 unspecified atom stereocenters. The second-order valence-corrected chi connectivity index (χ2v) is 6.94. The average molecular weight is 399 g/mol. The van der Waals surface area contributed by atoms with Crippen LogP contribution in [0.2, 0.25) is 0 Å². The van der Waals surface area contributed by atoms with Crippen molar-refractivity contribution in [1.82, 2.24) is 20.2 Å². The van der Waals surface area contributed by atoms with Crippen molar-refractivity contribution >= 4 is 17.5 Å². The molecule has 2 aromatic rings. The van der Waals surface area contributed by atoms with E-state index in [1.165, 1.54) is 13.3 Å². The minimum absolute atomic E-state index is 0.420. The molecule has 2 amide bonds. The lowest BCUT2D eigenvalue weighted by molar-refractivity contribution is -0.125. The lowest BCUT2D eigenvalue weighted by Crippen LogP contribution is -2.57. The van der Waals surface area contributed by atoms with Gasteiger partial charge >= 0.3 is 6.03 Å². The minimum Gasteiger partial charge on any atom is -0.391 e. The smallest absolute Gasteiger partial charge is 0.318 e. The molecular weight excluding hydrogens is 374 g/mol. The van der Waals surface area contributed by atoms with Gasteiger partial charge in [-0.2, -0.15) is 0 Å². The van der Waals surface area contributed by atoms with Crippen molar-refractivity contribution in [2.24, 2.45) is 0 Å². The number of Topliss-reactive ketones (excluding diaryl/α,β-unsaturated/α-hetero) is 1. The molecular formula is C20H25N5O4. The van der Waals surface area contributed by atoms with Gasteiger partial charge in [-0.1, -0.05) is 12.1 Å². The number of piperazine rings is 1. The number of nitrogens with one attached hydrogen (secondary N) is 1. The van der Waals surface area contributed by atoms with Crippen LogP contribution in [0.4, 0.5) is 10.5 Å². The standard InChI is InChI=1S/C20H25N5O4/c1-14(27)19(18(28)12-26)23-20(29)25-8-6-24(7-9-25)17-4-2-15(3-5-17)16-10-21-13-22-11-16/h2-5,10-11,13-14,19,26-27H,6-9,12H2,1H3,(H,23,29)/t14-,19+/m0/s1. The molecule has 1 saturated heterocycles. The van der Waals surface area contributed by atoms with Gasteiger partial charge in [-0.3, -0.25) is 4.79 Å². The number of carbonyl (C=O) groups is 2. The molecule has 1 aliphatic rings. The average Bonchev–Trinajstić information content (AvgIpc) is 2.77. The summed E-state index contributed by atoms with van der Waals surface area (Å²) in [6.07, 6.45) is 3.95. The molecule has 1 fully saturated rings. The van der Waals surface area contributed by atoms with Gasteiger partial charge in [0.25, 0.3) is 0 Å². The summed E-state index contributed by atoms with van der Waals surface area (Å²) in [6.45, 7) is 2.94. The van der Waals surface area contributed by atoms with Crippen molar-refractivity contribution < 1.29 is 19.8 Å². The highest BCUT2D eigenvalue weighted by molar-refractivity contribution is 5.89. The molecule has 0 spiro atoms. The first kappa shape index (κ1) is 20.7. The number of aliphatic hydroxyl groups is 2. The summed E-state index contributed by atoms with van der Waals surface area (Å²) in [5, 5.41) is 21.2. The summed E-state index contributed by atoms with van der Waals surface area (Å²) in [6, 6.07) is 6.56. The summed E-state index contributed by atoms with van der Waals surface area (Å²) in [4.78, 5) is 35.9. The Hall–Kier alpha value is -3.04. The SMILES string of the molecule is C[C@H](O)[C@@H](NC(=O)N1CCN(c2ccc(-c3cncnc3)cc2)CC1)C(=O)CO. The molecule has 9 heteroatoms. The molecule has 1 aromatic heterocycles. The predicted octanol–water partition coefficient (Wildman–Crippen LogP) is 0.286. The second-order valence-electron chi connectivity index (χ2n) is 6.94. The zero-order valence-electron chi connectivity index (χ0n) is 16.2. The summed E-state index contributed by atoms with van der Waals surface area (Å²) >= 11 is 0. The summed E-state index contributed by atoms with van der Waals surface area (Å²) in [5.41, 5.74) is 3.04. The van der Waals surface area contributed by atoms with Crippen molar-refractivity contribution in [3.05, 3.63) is 43.0 Å². The number of benzene rings is 1. The molecule has 0 bridgehead atoms. The molecule has 1 aliphatic heterocycles. The van der Waals surface area contributed by atoms with Crippen LogP contribution in [0.5, 0.6) is 0 Å². The molecule has 29 heavy (non-hydrogen) atoms. The number of ketones is 1. The van der Waals surface area contributed by atoms with Crippen LogP contribution in [0.1, 0.15) is 6.92 Å². The maximum absolute atomic E-state index is 12.4. The first-order valence-corrected chi connectivity index (χ1v) is 9.47. The van der Waals surface area contributed by atoms with Gasteiger partial charge in [0.1, 0.15) is 19.0 Å². The third kappa shape index (κ3) is 5.07. The Balaban J connectivity index is 1.56. The Bertz CT molecular complexity index is 821. The third-order valence-electron chi connectivity index (χ3n) is 4.96. The molecule has 2 atom stereocenters. The number of aliphatic hydroxyl groups excluding tert-OH is 2. The van der Waals surface area contributed by atoms with Crippen LogP contribution in [-0.2, 0) is 4.79 Å². The fourth-order valence-corrected chi connectivity index (χ4v) is 3.27. The van der Waals surface area contributed by atoms with Crippen molar-refractivity contribution in [1.29, 1.82) is 0 Å². The molecule has 3 rings (SSSR count). The number of hydrogen-bond acceptors (Lipinski definition) is 7. The van der Waals surface area contributed by atoms with E-state index in [1.807, 2.05) is 24.3 Å². The van der Waals surface area contributed by atoms with E-state index >= 15 is 0 Å². The Kier molecular flexibility index (Phi) is 6.73. The number of urea groups is 1. The van der Waals surface area contributed by atoms with E-state index in [4.69, 9.17) is 5.11 Å². The van der Waals surface area contributed by atoms with Gasteiger partial charge in [0.05, 0.1) is 6.10 Å².